The maximum atomic E-state index is 13.2. The fraction of sp³-hybridized carbons (Fsp3) is 0.150. The smallest absolute Gasteiger partial charge is 0.269 e. The first-order valence-corrected chi connectivity index (χ1v) is 10.4. The van der Waals surface area contributed by atoms with E-state index in [9.17, 15) is 9.18 Å². The molecule has 3 aromatic rings. The van der Waals surface area contributed by atoms with Gasteiger partial charge in [-0.2, -0.15) is 5.10 Å². The summed E-state index contributed by atoms with van der Waals surface area (Å²) in [6.07, 6.45) is 1.09. The number of carbonyl (C=O) groups is 1. The first kappa shape index (κ1) is 20.8. The van der Waals surface area contributed by atoms with Gasteiger partial charge in [0.05, 0.1) is 12.3 Å². The van der Waals surface area contributed by atoms with E-state index in [1.165, 1.54) is 16.8 Å². The summed E-state index contributed by atoms with van der Waals surface area (Å²) in [7, 11) is 0. The standard InChI is InChI=1S/C20H14BrCl2FN4O2/c21-13-3-1-2-11(6-13)17-8-18(30-27-17)20(29)25-19-16(23)10-28(26-19)9-12-4-5-14(24)7-15(12)22/h1-7,10,18H,8-9H2,(H,25,26,29). The van der Waals surface area contributed by atoms with Crippen molar-refractivity contribution in [2.24, 2.45) is 5.16 Å². The highest BCUT2D eigenvalue weighted by molar-refractivity contribution is 9.10. The van der Waals surface area contributed by atoms with Gasteiger partial charge in [0.25, 0.3) is 5.91 Å². The number of benzene rings is 2. The van der Waals surface area contributed by atoms with Crippen LogP contribution in [0.3, 0.4) is 0 Å². The van der Waals surface area contributed by atoms with E-state index in [0.717, 1.165) is 10.0 Å². The monoisotopic (exact) mass is 510 g/mol. The van der Waals surface area contributed by atoms with Crippen LogP contribution in [0.5, 0.6) is 0 Å². The van der Waals surface area contributed by atoms with Crippen LogP contribution in [0.4, 0.5) is 10.2 Å². The molecule has 0 saturated heterocycles. The van der Waals surface area contributed by atoms with E-state index < -0.39 is 17.8 Å². The van der Waals surface area contributed by atoms with Crippen molar-refractivity contribution in [3.05, 3.63) is 80.1 Å². The highest BCUT2D eigenvalue weighted by Crippen LogP contribution is 2.25. The van der Waals surface area contributed by atoms with Crippen molar-refractivity contribution in [2.45, 2.75) is 19.1 Å². The molecule has 10 heteroatoms. The quantitative estimate of drug-likeness (QED) is 0.507. The van der Waals surface area contributed by atoms with E-state index in [2.05, 4.69) is 31.5 Å². The first-order valence-electron chi connectivity index (χ1n) is 8.85. The fourth-order valence-corrected chi connectivity index (χ4v) is 3.76. The molecule has 6 nitrogen and oxygen atoms in total. The van der Waals surface area contributed by atoms with Crippen LogP contribution in [0.1, 0.15) is 17.5 Å². The molecule has 2 heterocycles. The fourth-order valence-electron chi connectivity index (χ4n) is 2.94. The molecule has 154 valence electrons. The minimum Gasteiger partial charge on any atom is -0.382 e. The molecule has 1 aromatic heterocycles. The Labute approximate surface area is 189 Å². The molecule has 0 saturated carbocycles. The normalized spacial score (nSPS) is 15.6. The highest BCUT2D eigenvalue weighted by atomic mass is 79.9. The topological polar surface area (TPSA) is 68.5 Å². The number of halogens is 4. The molecule has 30 heavy (non-hydrogen) atoms. The summed E-state index contributed by atoms with van der Waals surface area (Å²) in [6, 6.07) is 11.7. The third-order valence-corrected chi connectivity index (χ3v) is 5.55. The van der Waals surface area contributed by atoms with E-state index in [4.69, 9.17) is 28.0 Å². The number of amides is 1. The van der Waals surface area contributed by atoms with Crippen LogP contribution in [-0.2, 0) is 16.2 Å². The van der Waals surface area contributed by atoms with Crippen LogP contribution < -0.4 is 5.32 Å². The van der Waals surface area contributed by atoms with Gasteiger partial charge in [-0.15, -0.1) is 0 Å². The number of aromatic nitrogens is 2. The number of rotatable bonds is 5. The van der Waals surface area contributed by atoms with Gasteiger partial charge in [-0.05, 0) is 29.8 Å². The van der Waals surface area contributed by atoms with Gasteiger partial charge in [-0.3, -0.25) is 9.48 Å². The molecule has 1 unspecified atom stereocenters. The molecule has 4 rings (SSSR count). The molecule has 0 bridgehead atoms. The van der Waals surface area contributed by atoms with Crippen molar-refractivity contribution in [3.63, 3.8) is 0 Å². The lowest BCUT2D eigenvalue weighted by atomic mass is 10.0. The number of hydrogen-bond donors (Lipinski definition) is 1. The maximum absolute atomic E-state index is 13.2. The van der Waals surface area contributed by atoms with Crippen molar-refractivity contribution in [3.8, 4) is 0 Å². The molecule has 1 aliphatic rings. The Balaban J connectivity index is 1.41. The van der Waals surface area contributed by atoms with Crippen LogP contribution in [0, 0.1) is 5.82 Å². The molecule has 1 amide bonds. The van der Waals surface area contributed by atoms with Crippen LogP contribution in [0.15, 0.2) is 58.3 Å². The average molecular weight is 512 g/mol. The Morgan fingerprint density at radius 3 is 2.87 bits per heavy atom. The highest BCUT2D eigenvalue weighted by Gasteiger charge is 2.30. The van der Waals surface area contributed by atoms with E-state index in [-0.39, 0.29) is 22.4 Å². The van der Waals surface area contributed by atoms with Gasteiger partial charge in [0.2, 0.25) is 6.10 Å². The Hall–Kier alpha value is -2.42. The largest absolute Gasteiger partial charge is 0.382 e. The van der Waals surface area contributed by atoms with Crippen molar-refractivity contribution in [1.29, 1.82) is 0 Å². The Morgan fingerprint density at radius 1 is 1.27 bits per heavy atom. The summed E-state index contributed by atoms with van der Waals surface area (Å²) < 4.78 is 15.6. The van der Waals surface area contributed by atoms with Crippen molar-refractivity contribution < 1.29 is 14.0 Å². The van der Waals surface area contributed by atoms with Crippen LogP contribution in [0.25, 0.3) is 0 Å². The molecule has 0 aliphatic carbocycles. The first-order chi connectivity index (χ1) is 14.4. The Kier molecular flexibility index (Phi) is 6.08. The zero-order valence-electron chi connectivity index (χ0n) is 15.3. The molecule has 1 aliphatic heterocycles. The molecule has 1 N–H and O–H groups in total. The van der Waals surface area contributed by atoms with E-state index in [1.807, 2.05) is 24.3 Å². The molecular weight excluding hydrogens is 498 g/mol. The van der Waals surface area contributed by atoms with Crippen LogP contribution >= 0.6 is 39.1 Å². The molecular formula is C20H14BrCl2FN4O2. The maximum Gasteiger partial charge on any atom is 0.269 e. The lowest BCUT2D eigenvalue weighted by Gasteiger charge is -2.08. The van der Waals surface area contributed by atoms with Gasteiger partial charge in [-0.25, -0.2) is 4.39 Å². The SMILES string of the molecule is O=C(Nc1nn(Cc2ccc(F)cc2Cl)cc1Cl)C1CC(c2cccc(Br)c2)=NO1. The number of carbonyl (C=O) groups excluding carboxylic acids is 1. The molecule has 2 aromatic carbocycles. The van der Waals surface area contributed by atoms with E-state index >= 15 is 0 Å². The summed E-state index contributed by atoms with van der Waals surface area (Å²) in [5.74, 6) is -0.633. The minimum absolute atomic E-state index is 0.194. The van der Waals surface area contributed by atoms with Gasteiger partial charge in [-0.1, -0.05) is 62.5 Å². The zero-order chi connectivity index (χ0) is 21.3. The van der Waals surface area contributed by atoms with Gasteiger partial charge in [0, 0.05) is 27.7 Å². The van der Waals surface area contributed by atoms with Crippen molar-refractivity contribution in [1.82, 2.24) is 9.78 Å². The molecule has 1 atom stereocenters. The predicted molar refractivity (Wildman–Crippen MR) is 117 cm³/mol. The number of hydrogen-bond acceptors (Lipinski definition) is 4. The van der Waals surface area contributed by atoms with Crippen molar-refractivity contribution in [2.75, 3.05) is 5.32 Å². The third-order valence-electron chi connectivity index (χ3n) is 4.43. The third kappa shape index (κ3) is 4.66. The van der Waals surface area contributed by atoms with E-state index in [1.54, 1.807) is 12.3 Å². The number of oxime groups is 1. The number of nitrogens with one attached hydrogen (secondary N) is 1. The van der Waals surface area contributed by atoms with E-state index in [0.29, 0.717) is 17.7 Å². The summed E-state index contributed by atoms with van der Waals surface area (Å²) in [4.78, 5) is 17.9. The van der Waals surface area contributed by atoms with Gasteiger partial charge in [0.15, 0.2) is 5.82 Å². The molecule has 0 spiro atoms. The number of anilines is 1. The summed E-state index contributed by atoms with van der Waals surface area (Å²) in [6.45, 7) is 0.269. The predicted octanol–water partition coefficient (Wildman–Crippen LogP) is 5.27. The minimum atomic E-state index is -0.785. The van der Waals surface area contributed by atoms with Crippen LogP contribution in [0.2, 0.25) is 10.0 Å². The van der Waals surface area contributed by atoms with Crippen molar-refractivity contribution >= 4 is 56.6 Å². The Morgan fingerprint density at radius 2 is 2.10 bits per heavy atom. The lowest BCUT2D eigenvalue weighted by molar-refractivity contribution is -0.125. The second-order valence-electron chi connectivity index (χ2n) is 6.59. The van der Waals surface area contributed by atoms with Gasteiger partial charge >= 0.3 is 0 Å². The molecule has 0 fully saturated rings. The summed E-state index contributed by atoms with van der Waals surface area (Å²) in [5, 5.41) is 11.5. The van der Waals surface area contributed by atoms with Crippen LogP contribution in [-0.4, -0.2) is 27.5 Å². The second-order valence-corrected chi connectivity index (χ2v) is 8.32. The zero-order valence-corrected chi connectivity index (χ0v) is 18.4. The Bertz CT molecular complexity index is 1150. The molecule has 0 radical (unpaired) electrons. The lowest BCUT2D eigenvalue weighted by Crippen LogP contribution is -2.28. The van der Waals surface area contributed by atoms with Gasteiger partial charge in [0.1, 0.15) is 10.8 Å². The number of nitrogens with zero attached hydrogens (tertiary/aromatic N) is 3. The summed E-state index contributed by atoms with van der Waals surface area (Å²) in [5.41, 5.74) is 2.22. The average Bonchev–Trinajstić information content (AvgIpc) is 3.32. The second kappa shape index (κ2) is 8.75. The summed E-state index contributed by atoms with van der Waals surface area (Å²) >= 11 is 15.7. The van der Waals surface area contributed by atoms with Gasteiger partial charge < -0.3 is 10.2 Å².